The van der Waals surface area contributed by atoms with E-state index in [9.17, 15) is 17.6 Å². The van der Waals surface area contributed by atoms with Gasteiger partial charge in [0.2, 0.25) is 0 Å². The Morgan fingerprint density at radius 2 is 1.96 bits per heavy atom. The Kier molecular flexibility index (Phi) is 5.76. The largest absolute Gasteiger partial charge is 0.350 e. The summed E-state index contributed by atoms with van der Waals surface area (Å²) >= 11 is 0. The number of anilines is 1. The lowest BCUT2D eigenvalue weighted by Gasteiger charge is -2.14. The van der Waals surface area contributed by atoms with Crippen molar-refractivity contribution in [3.63, 3.8) is 0 Å². The van der Waals surface area contributed by atoms with Gasteiger partial charge in [-0.15, -0.1) is 0 Å². The highest BCUT2D eigenvalue weighted by atomic mass is 32.2. The van der Waals surface area contributed by atoms with Gasteiger partial charge in [0.25, 0.3) is 15.9 Å². The van der Waals surface area contributed by atoms with Crippen LogP contribution in [0.15, 0.2) is 47.4 Å². The molecule has 1 fully saturated rings. The Morgan fingerprint density at radius 1 is 1.22 bits per heavy atom. The zero-order valence-corrected chi connectivity index (χ0v) is 15.8. The van der Waals surface area contributed by atoms with Gasteiger partial charge in [-0.05, 0) is 68.3 Å². The van der Waals surface area contributed by atoms with Crippen LogP contribution >= 0.6 is 0 Å². The second kappa shape index (κ2) is 8.06. The summed E-state index contributed by atoms with van der Waals surface area (Å²) in [7, 11) is -3.91. The van der Waals surface area contributed by atoms with Crippen molar-refractivity contribution in [1.29, 1.82) is 0 Å². The molecule has 0 saturated carbocycles. The molecule has 27 heavy (non-hydrogen) atoms. The molecular weight excluding hydrogens is 369 g/mol. The number of halogens is 1. The van der Waals surface area contributed by atoms with Crippen LogP contribution in [-0.4, -0.2) is 33.5 Å². The lowest BCUT2D eigenvalue weighted by Crippen LogP contribution is -2.37. The van der Waals surface area contributed by atoms with Gasteiger partial charge in [0.05, 0.1) is 4.90 Å². The van der Waals surface area contributed by atoms with E-state index in [4.69, 9.17) is 0 Å². The Balaban J connectivity index is 1.77. The summed E-state index contributed by atoms with van der Waals surface area (Å²) in [4.78, 5) is 12.4. The minimum absolute atomic E-state index is 0.0125. The monoisotopic (exact) mass is 391 g/mol. The van der Waals surface area contributed by atoms with Crippen LogP contribution in [0.5, 0.6) is 0 Å². The average Bonchev–Trinajstić information content (AvgIpc) is 3.15. The highest BCUT2D eigenvalue weighted by Gasteiger charge is 2.20. The fourth-order valence-electron chi connectivity index (χ4n) is 3.01. The molecule has 1 aliphatic heterocycles. The number of carbonyl (C=O) groups is 1. The molecule has 0 radical (unpaired) electrons. The van der Waals surface area contributed by atoms with Crippen LogP contribution in [0.25, 0.3) is 0 Å². The highest BCUT2D eigenvalue weighted by molar-refractivity contribution is 7.92. The highest BCUT2D eigenvalue weighted by Crippen LogP contribution is 2.21. The summed E-state index contributed by atoms with van der Waals surface area (Å²) in [6.07, 6.45) is 2.10. The fourth-order valence-corrected chi connectivity index (χ4v) is 4.34. The van der Waals surface area contributed by atoms with E-state index in [-0.39, 0.29) is 28.1 Å². The summed E-state index contributed by atoms with van der Waals surface area (Å²) in [6, 6.07) is 9.84. The minimum Gasteiger partial charge on any atom is -0.350 e. The first-order chi connectivity index (χ1) is 12.8. The number of hydrogen-bond acceptors (Lipinski definition) is 4. The maximum Gasteiger partial charge on any atom is 0.262 e. The molecule has 1 saturated heterocycles. The van der Waals surface area contributed by atoms with E-state index in [2.05, 4.69) is 15.4 Å². The molecule has 3 rings (SSSR count). The van der Waals surface area contributed by atoms with Crippen molar-refractivity contribution in [2.24, 2.45) is 0 Å². The maximum atomic E-state index is 13.0. The average molecular weight is 391 g/mol. The molecule has 2 aromatic carbocycles. The molecule has 1 unspecified atom stereocenters. The first kappa shape index (κ1) is 19.3. The van der Waals surface area contributed by atoms with E-state index >= 15 is 0 Å². The van der Waals surface area contributed by atoms with Gasteiger partial charge in [-0.2, -0.15) is 0 Å². The number of nitrogens with one attached hydrogen (secondary N) is 3. The summed E-state index contributed by atoms with van der Waals surface area (Å²) in [5.74, 6) is -0.772. The van der Waals surface area contributed by atoms with Gasteiger partial charge < -0.3 is 10.6 Å². The quantitative estimate of drug-likeness (QED) is 0.706. The van der Waals surface area contributed by atoms with E-state index < -0.39 is 15.8 Å². The maximum absolute atomic E-state index is 13.0. The van der Waals surface area contributed by atoms with Crippen LogP contribution in [0.1, 0.15) is 28.8 Å². The second-order valence-electron chi connectivity index (χ2n) is 6.60. The zero-order chi connectivity index (χ0) is 19.4. The van der Waals surface area contributed by atoms with Crippen LogP contribution in [0, 0.1) is 12.7 Å². The molecule has 1 aliphatic rings. The number of hydrogen-bond donors (Lipinski definition) is 3. The summed E-state index contributed by atoms with van der Waals surface area (Å²) in [5.41, 5.74) is 1.04. The first-order valence-corrected chi connectivity index (χ1v) is 10.2. The molecule has 1 atom stereocenters. The zero-order valence-electron chi connectivity index (χ0n) is 15.0. The lowest BCUT2D eigenvalue weighted by atomic mass is 10.1. The van der Waals surface area contributed by atoms with E-state index in [1.807, 2.05) is 0 Å². The van der Waals surface area contributed by atoms with Gasteiger partial charge >= 0.3 is 0 Å². The number of carbonyl (C=O) groups excluding carboxylic acids is 1. The Bertz CT molecular complexity index is 924. The molecule has 2 aromatic rings. The van der Waals surface area contributed by atoms with Crippen molar-refractivity contribution in [2.45, 2.75) is 30.7 Å². The third-order valence-electron chi connectivity index (χ3n) is 4.51. The standard InChI is InChI=1S/C19H22FN3O3S/c1-13-4-5-14(19(24)22-12-17-3-2-10-21-17)11-18(13)27(25,26)23-16-8-6-15(20)7-9-16/h4-9,11,17,21,23H,2-3,10,12H2,1H3,(H,22,24). The van der Waals surface area contributed by atoms with Crippen LogP contribution in [0.4, 0.5) is 10.1 Å². The van der Waals surface area contributed by atoms with E-state index in [1.54, 1.807) is 19.1 Å². The van der Waals surface area contributed by atoms with Gasteiger partial charge in [0.1, 0.15) is 5.82 Å². The first-order valence-electron chi connectivity index (χ1n) is 8.76. The van der Waals surface area contributed by atoms with Gasteiger partial charge in [-0.1, -0.05) is 6.07 Å². The number of amides is 1. The van der Waals surface area contributed by atoms with Crippen molar-refractivity contribution < 1.29 is 17.6 Å². The van der Waals surface area contributed by atoms with E-state index in [1.165, 1.54) is 30.3 Å². The normalized spacial score (nSPS) is 16.9. The van der Waals surface area contributed by atoms with Crippen LogP contribution in [0.2, 0.25) is 0 Å². The van der Waals surface area contributed by atoms with Crippen molar-refractivity contribution in [3.8, 4) is 0 Å². The molecule has 1 amide bonds. The number of benzene rings is 2. The topological polar surface area (TPSA) is 87.3 Å². The van der Waals surface area contributed by atoms with Crippen LogP contribution < -0.4 is 15.4 Å². The van der Waals surface area contributed by atoms with Crippen molar-refractivity contribution >= 4 is 21.6 Å². The minimum atomic E-state index is -3.91. The fraction of sp³-hybridized carbons (Fsp3) is 0.316. The van der Waals surface area contributed by atoms with Crippen LogP contribution in [-0.2, 0) is 10.0 Å². The molecule has 0 aliphatic carbocycles. The second-order valence-corrected chi connectivity index (χ2v) is 8.25. The van der Waals surface area contributed by atoms with Gasteiger partial charge in [-0.25, -0.2) is 12.8 Å². The van der Waals surface area contributed by atoms with E-state index in [0.29, 0.717) is 12.1 Å². The molecule has 0 bridgehead atoms. The molecular formula is C19H22FN3O3S. The lowest BCUT2D eigenvalue weighted by molar-refractivity contribution is 0.0950. The van der Waals surface area contributed by atoms with E-state index in [0.717, 1.165) is 19.4 Å². The predicted molar refractivity (Wildman–Crippen MR) is 102 cm³/mol. The third kappa shape index (κ3) is 4.84. The Hall–Kier alpha value is -2.45. The van der Waals surface area contributed by atoms with Crippen molar-refractivity contribution in [3.05, 3.63) is 59.4 Å². The molecule has 3 N–H and O–H groups in total. The van der Waals surface area contributed by atoms with Gasteiger partial charge in [0.15, 0.2) is 0 Å². The van der Waals surface area contributed by atoms with Crippen LogP contribution in [0.3, 0.4) is 0 Å². The van der Waals surface area contributed by atoms with Gasteiger partial charge in [0, 0.05) is 23.8 Å². The van der Waals surface area contributed by atoms with Gasteiger partial charge in [-0.3, -0.25) is 9.52 Å². The van der Waals surface area contributed by atoms with Crippen molar-refractivity contribution in [2.75, 3.05) is 17.8 Å². The molecule has 0 spiro atoms. The Labute approximate surface area is 158 Å². The number of sulfonamides is 1. The SMILES string of the molecule is Cc1ccc(C(=O)NCC2CCCN2)cc1S(=O)(=O)Nc1ccc(F)cc1. The molecule has 6 nitrogen and oxygen atoms in total. The number of aryl methyl sites for hydroxylation is 1. The predicted octanol–water partition coefficient (Wildman–Crippen LogP) is 2.42. The summed E-state index contributed by atoms with van der Waals surface area (Å²) in [6.45, 7) is 3.11. The molecule has 8 heteroatoms. The third-order valence-corrected chi connectivity index (χ3v) is 6.03. The smallest absolute Gasteiger partial charge is 0.262 e. The Morgan fingerprint density at radius 3 is 2.63 bits per heavy atom. The summed E-state index contributed by atoms with van der Waals surface area (Å²) in [5, 5.41) is 6.13. The number of rotatable bonds is 6. The molecule has 0 aromatic heterocycles. The summed E-state index contributed by atoms with van der Waals surface area (Å²) < 4.78 is 40.8. The molecule has 144 valence electrons. The molecule has 1 heterocycles. The van der Waals surface area contributed by atoms with Crippen molar-refractivity contribution in [1.82, 2.24) is 10.6 Å².